The van der Waals surface area contributed by atoms with E-state index in [1.54, 1.807) is 19.9 Å². The highest BCUT2D eigenvalue weighted by Gasteiger charge is 2.35. The predicted octanol–water partition coefficient (Wildman–Crippen LogP) is 4.05. The number of rotatable bonds is 4. The molecule has 1 aromatic rings. The zero-order chi connectivity index (χ0) is 14.0. The Morgan fingerprint density at radius 2 is 1.78 bits per heavy atom. The van der Waals surface area contributed by atoms with E-state index in [1.165, 1.54) is 18.2 Å². The summed E-state index contributed by atoms with van der Waals surface area (Å²) in [6.07, 6.45) is -5.14. The van der Waals surface area contributed by atoms with Gasteiger partial charge in [-0.25, -0.2) is 0 Å². The SMILES string of the molecule is CCC(C)(C)C(O)c1ccccc1OC(F)(F)F. The number of aliphatic hydroxyl groups is 1. The Hall–Kier alpha value is -1.23. The zero-order valence-electron chi connectivity index (χ0n) is 10.6. The van der Waals surface area contributed by atoms with Gasteiger partial charge in [-0.3, -0.25) is 0 Å². The van der Waals surface area contributed by atoms with Crippen LogP contribution in [0.2, 0.25) is 0 Å². The molecule has 0 saturated heterocycles. The van der Waals surface area contributed by atoms with Crippen molar-refractivity contribution in [3.63, 3.8) is 0 Å². The molecule has 0 fully saturated rings. The molecule has 0 heterocycles. The number of alkyl halides is 3. The molecule has 0 aliphatic rings. The maximum absolute atomic E-state index is 12.3. The van der Waals surface area contributed by atoms with E-state index in [0.29, 0.717) is 6.42 Å². The third kappa shape index (κ3) is 3.63. The fraction of sp³-hybridized carbons (Fsp3) is 0.538. The molecule has 1 unspecified atom stereocenters. The van der Waals surface area contributed by atoms with Crippen LogP contribution in [0.1, 0.15) is 38.9 Å². The van der Waals surface area contributed by atoms with Crippen LogP contribution < -0.4 is 4.74 Å². The number of para-hydroxylation sites is 1. The van der Waals surface area contributed by atoms with E-state index < -0.39 is 17.9 Å². The van der Waals surface area contributed by atoms with Crippen LogP contribution in [0.25, 0.3) is 0 Å². The second kappa shape index (κ2) is 5.18. The summed E-state index contributed by atoms with van der Waals surface area (Å²) in [5.41, 5.74) is -0.368. The first-order valence-electron chi connectivity index (χ1n) is 5.70. The van der Waals surface area contributed by atoms with E-state index in [0.717, 1.165) is 0 Å². The molecule has 5 heteroatoms. The van der Waals surface area contributed by atoms with Gasteiger partial charge in [0, 0.05) is 5.56 Å². The molecule has 0 aliphatic heterocycles. The predicted molar refractivity (Wildman–Crippen MR) is 62.2 cm³/mol. The lowest BCUT2D eigenvalue weighted by molar-refractivity contribution is -0.275. The number of ether oxygens (including phenoxy) is 1. The molecule has 0 radical (unpaired) electrons. The van der Waals surface area contributed by atoms with Crippen molar-refractivity contribution < 1.29 is 23.0 Å². The monoisotopic (exact) mass is 262 g/mol. The maximum atomic E-state index is 12.3. The second-order valence-electron chi connectivity index (χ2n) is 4.83. The quantitative estimate of drug-likeness (QED) is 0.886. The van der Waals surface area contributed by atoms with Crippen molar-refractivity contribution in [2.24, 2.45) is 5.41 Å². The van der Waals surface area contributed by atoms with Crippen molar-refractivity contribution in [1.82, 2.24) is 0 Å². The van der Waals surface area contributed by atoms with Crippen LogP contribution in [0.4, 0.5) is 13.2 Å². The molecule has 0 aliphatic carbocycles. The lowest BCUT2D eigenvalue weighted by Gasteiger charge is -2.30. The Labute approximate surface area is 104 Å². The Morgan fingerprint density at radius 3 is 2.28 bits per heavy atom. The minimum absolute atomic E-state index is 0.154. The number of hydrogen-bond acceptors (Lipinski definition) is 2. The normalized spacial score (nSPS) is 14.4. The smallest absolute Gasteiger partial charge is 0.405 e. The van der Waals surface area contributed by atoms with Gasteiger partial charge in [0.2, 0.25) is 0 Å². The standard InChI is InChI=1S/C13H17F3O2/c1-4-12(2,3)11(17)9-7-5-6-8-10(9)18-13(14,15)16/h5-8,11,17H,4H2,1-3H3. The first-order chi connectivity index (χ1) is 8.17. The van der Waals surface area contributed by atoms with Crippen LogP contribution >= 0.6 is 0 Å². The number of benzene rings is 1. The molecule has 1 atom stereocenters. The average molecular weight is 262 g/mol. The van der Waals surface area contributed by atoms with Gasteiger partial charge in [0.15, 0.2) is 0 Å². The van der Waals surface area contributed by atoms with E-state index >= 15 is 0 Å². The van der Waals surface area contributed by atoms with E-state index in [1.807, 2.05) is 6.92 Å². The lowest BCUT2D eigenvalue weighted by atomic mass is 9.80. The molecule has 18 heavy (non-hydrogen) atoms. The summed E-state index contributed by atoms with van der Waals surface area (Å²) in [6.45, 7) is 5.46. The van der Waals surface area contributed by atoms with Crippen LogP contribution in [0.5, 0.6) is 5.75 Å². The van der Waals surface area contributed by atoms with Crippen molar-refractivity contribution >= 4 is 0 Å². The number of hydrogen-bond donors (Lipinski definition) is 1. The molecule has 102 valence electrons. The minimum Gasteiger partial charge on any atom is -0.405 e. The van der Waals surface area contributed by atoms with Gasteiger partial charge < -0.3 is 9.84 Å². The van der Waals surface area contributed by atoms with Gasteiger partial charge in [-0.2, -0.15) is 0 Å². The summed E-state index contributed by atoms with van der Waals surface area (Å²) >= 11 is 0. The van der Waals surface area contributed by atoms with Gasteiger partial charge >= 0.3 is 6.36 Å². The molecule has 0 amide bonds. The fourth-order valence-electron chi connectivity index (χ4n) is 1.54. The third-order valence-electron chi connectivity index (χ3n) is 3.09. The van der Waals surface area contributed by atoms with Crippen LogP contribution in [-0.4, -0.2) is 11.5 Å². The van der Waals surface area contributed by atoms with Crippen molar-refractivity contribution in [3.05, 3.63) is 29.8 Å². The molecule has 0 bridgehead atoms. The van der Waals surface area contributed by atoms with E-state index in [9.17, 15) is 18.3 Å². The highest BCUT2D eigenvalue weighted by molar-refractivity contribution is 5.36. The minimum atomic E-state index is -4.76. The highest BCUT2D eigenvalue weighted by atomic mass is 19.4. The molecule has 0 aromatic heterocycles. The van der Waals surface area contributed by atoms with Crippen LogP contribution in [-0.2, 0) is 0 Å². The molecule has 1 rings (SSSR count). The summed E-state index contributed by atoms with van der Waals surface area (Å²) in [7, 11) is 0. The Morgan fingerprint density at radius 1 is 1.22 bits per heavy atom. The average Bonchev–Trinajstić information content (AvgIpc) is 2.26. The number of halogens is 3. The summed E-state index contributed by atoms with van der Waals surface area (Å²) < 4.78 is 40.7. The van der Waals surface area contributed by atoms with Crippen LogP contribution in [0.3, 0.4) is 0 Å². The van der Waals surface area contributed by atoms with Crippen molar-refractivity contribution in [3.8, 4) is 5.75 Å². The fourth-order valence-corrected chi connectivity index (χ4v) is 1.54. The van der Waals surface area contributed by atoms with E-state index in [4.69, 9.17) is 0 Å². The van der Waals surface area contributed by atoms with Gasteiger partial charge in [0.1, 0.15) is 5.75 Å². The lowest BCUT2D eigenvalue weighted by Crippen LogP contribution is -2.24. The topological polar surface area (TPSA) is 29.5 Å². The second-order valence-corrected chi connectivity index (χ2v) is 4.83. The van der Waals surface area contributed by atoms with Gasteiger partial charge in [0.25, 0.3) is 0 Å². The molecule has 0 spiro atoms. The Bertz CT molecular complexity index is 399. The first-order valence-corrected chi connectivity index (χ1v) is 5.70. The van der Waals surface area contributed by atoms with Crippen molar-refractivity contribution in [1.29, 1.82) is 0 Å². The molecule has 1 aromatic carbocycles. The first kappa shape index (κ1) is 14.8. The molecular weight excluding hydrogens is 245 g/mol. The largest absolute Gasteiger partial charge is 0.573 e. The Balaban J connectivity index is 3.09. The summed E-state index contributed by atoms with van der Waals surface area (Å²) in [6, 6.07) is 5.67. The van der Waals surface area contributed by atoms with Crippen LogP contribution in [0, 0.1) is 5.41 Å². The summed E-state index contributed by atoms with van der Waals surface area (Å²) in [4.78, 5) is 0. The summed E-state index contributed by atoms with van der Waals surface area (Å²) in [5, 5.41) is 10.2. The van der Waals surface area contributed by atoms with Gasteiger partial charge in [-0.1, -0.05) is 39.0 Å². The van der Waals surface area contributed by atoms with Gasteiger partial charge in [0.05, 0.1) is 6.10 Å². The molecule has 2 nitrogen and oxygen atoms in total. The van der Waals surface area contributed by atoms with Gasteiger partial charge in [-0.05, 0) is 17.9 Å². The van der Waals surface area contributed by atoms with Gasteiger partial charge in [-0.15, -0.1) is 13.2 Å². The van der Waals surface area contributed by atoms with Crippen molar-refractivity contribution in [2.75, 3.05) is 0 Å². The molecular formula is C13H17F3O2. The third-order valence-corrected chi connectivity index (χ3v) is 3.09. The van der Waals surface area contributed by atoms with E-state index in [-0.39, 0.29) is 11.3 Å². The number of aliphatic hydroxyl groups excluding tert-OH is 1. The van der Waals surface area contributed by atoms with Crippen molar-refractivity contribution in [2.45, 2.75) is 39.7 Å². The zero-order valence-corrected chi connectivity index (χ0v) is 10.6. The highest BCUT2D eigenvalue weighted by Crippen LogP contribution is 2.40. The maximum Gasteiger partial charge on any atom is 0.573 e. The van der Waals surface area contributed by atoms with Crippen LogP contribution in [0.15, 0.2) is 24.3 Å². The molecule has 1 N–H and O–H groups in total. The Kier molecular flexibility index (Phi) is 4.27. The van der Waals surface area contributed by atoms with E-state index in [2.05, 4.69) is 4.74 Å². The molecule has 0 saturated carbocycles. The summed E-state index contributed by atoms with van der Waals surface area (Å²) in [5.74, 6) is -0.348.